The second-order valence-electron chi connectivity index (χ2n) is 8.73. The van der Waals surface area contributed by atoms with Crippen molar-refractivity contribution in [1.29, 1.82) is 0 Å². The van der Waals surface area contributed by atoms with Gasteiger partial charge in [-0.1, -0.05) is 39.0 Å². The molecule has 0 saturated carbocycles. The van der Waals surface area contributed by atoms with Gasteiger partial charge in [0.15, 0.2) is 17.9 Å². The van der Waals surface area contributed by atoms with E-state index in [-0.39, 0.29) is 5.78 Å². The summed E-state index contributed by atoms with van der Waals surface area (Å²) in [5, 5.41) is 0. The van der Waals surface area contributed by atoms with Crippen LogP contribution in [-0.2, 0) is 14.4 Å². The molecule has 7 heteroatoms. The molecule has 1 aliphatic heterocycles. The molecule has 1 aliphatic rings. The third kappa shape index (κ3) is 3.60. The van der Waals surface area contributed by atoms with Crippen LogP contribution in [0.3, 0.4) is 0 Å². The Labute approximate surface area is 186 Å². The van der Waals surface area contributed by atoms with Crippen molar-refractivity contribution in [3.8, 4) is 17.1 Å². The molecule has 2 atom stereocenters. The average Bonchev–Trinajstić information content (AvgIpc) is 3.40. The van der Waals surface area contributed by atoms with Crippen molar-refractivity contribution in [1.82, 2.24) is 4.98 Å². The Morgan fingerprint density at radius 1 is 1.06 bits per heavy atom. The molecule has 164 valence electrons. The molecule has 2 heterocycles. The summed E-state index contributed by atoms with van der Waals surface area (Å²) in [6, 6.07) is 13.4. The minimum Gasteiger partial charge on any atom is -0.496 e. The van der Waals surface area contributed by atoms with E-state index in [1.165, 1.54) is 18.4 Å². The van der Waals surface area contributed by atoms with Crippen LogP contribution in [0.2, 0.25) is 0 Å². The van der Waals surface area contributed by atoms with Gasteiger partial charge in [-0.15, -0.1) is 0 Å². The highest BCUT2D eigenvalue weighted by atomic mass is 16.5. The van der Waals surface area contributed by atoms with Gasteiger partial charge in [-0.25, -0.2) is 4.98 Å². The Kier molecular flexibility index (Phi) is 5.42. The van der Waals surface area contributed by atoms with Crippen LogP contribution in [0.15, 0.2) is 65.5 Å². The SMILES string of the molecule is COc1ccccc1C1C(C(=O)C(C)(C)C)C(=O)C(=O)N1c1ccc(-c2cnco2)cc1. The number of ketones is 2. The maximum atomic E-state index is 13.3. The first kappa shape index (κ1) is 21.5. The predicted octanol–water partition coefficient (Wildman–Crippen LogP) is 4.24. The van der Waals surface area contributed by atoms with E-state index in [1.54, 1.807) is 75.5 Å². The number of benzene rings is 2. The van der Waals surface area contributed by atoms with Crippen molar-refractivity contribution < 1.29 is 23.5 Å². The molecular weight excluding hydrogens is 408 g/mol. The van der Waals surface area contributed by atoms with Crippen LogP contribution in [0, 0.1) is 11.3 Å². The number of nitrogens with zero attached hydrogens (tertiary/aromatic N) is 2. The van der Waals surface area contributed by atoms with E-state index >= 15 is 0 Å². The van der Waals surface area contributed by atoms with Crippen LogP contribution in [0.1, 0.15) is 32.4 Å². The van der Waals surface area contributed by atoms with E-state index in [4.69, 9.17) is 9.15 Å². The summed E-state index contributed by atoms with van der Waals surface area (Å²) in [4.78, 5) is 45.0. The van der Waals surface area contributed by atoms with E-state index in [2.05, 4.69) is 4.98 Å². The highest BCUT2D eigenvalue weighted by Gasteiger charge is 2.54. The zero-order valence-electron chi connectivity index (χ0n) is 18.4. The van der Waals surface area contributed by atoms with Crippen molar-refractivity contribution in [2.24, 2.45) is 11.3 Å². The molecule has 32 heavy (non-hydrogen) atoms. The largest absolute Gasteiger partial charge is 0.496 e. The van der Waals surface area contributed by atoms with Gasteiger partial charge >= 0.3 is 0 Å². The van der Waals surface area contributed by atoms with E-state index in [1.807, 2.05) is 0 Å². The summed E-state index contributed by atoms with van der Waals surface area (Å²) in [5.41, 5.74) is 1.09. The topological polar surface area (TPSA) is 89.7 Å². The Balaban J connectivity index is 1.85. The number of para-hydroxylation sites is 1. The van der Waals surface area contributed by atoms with Crippen LogP contribution in [0.4, 0.5) is 5.69 Å². The monoisotopic (exact) mass is 432 g/mol. The number of rotatable bonds is 5. The van der Waals surface area contributed by atoms with Gasteiger partial charge in [0.2, 0.25) is 5.78 Å². The van der Waals surface area contributed by atoms with Crippen molar-refractivity contribution >= 4 is 23.2 Å². The molecule has 0 N–H and O–H groups in total. The third-order valence-corrected chi connectivity index (χ3v) is 5.65. The highest BCUT2D eigenvalue weighted by Crippen LogP contribution is 2.45. The first-order valence-corrected chi connectivity index (χ1v) is 10.3. The standard InChI is InChI=1S/C25H24N2O5/c1-25(2,3)23(29)20-21(17-7-5-6-8-18(17)31-4)27(24(30)22(20)28)16-11-9-15(10-12-16)19-13-26-14-32-19/h5-14,20-21H,1-4H3. The lowest BCUT2D eigenvalue weighted by Crippen LogP contribution is -2.36. The molecule has 0 spiro atoms. The normalized spacial score (nSPS) is 18.8. The van der Waals surface area contributed by atoms with Crippen LogP contribution in [0.5, 0.6) is 5.75 Å². The second kappa shape index (κ2) is 8.07. The number of methoxy groups -OCH3 is 1. The number of carbonyl (C=O) groups excluding carboxylic acids is 3. The van der Waals surface area contributed by atoms with Crippen molar-refractivity contribution in [2.75, 3.05) is 12.0 Å². The number of amides is 1. The summed E-state index contributed by atoms with van der Waals surface area (Å²) in [6.07, 6.45) is 2.93. The number of Topliss-reactive ketones (excluding diaryl/α,β-unsaturated/α-hetero) is 2. The molecule has 0 bridgehead atoms. The van der Waals surface area contributed by atoms with Gasteiger partial charge < -0.3 is 9.15 Å². The molecule has 7 nitrogen and oxygen atoms in total. The molecule has 4 rings (SSSR count). The van der Waals surface area contributed by atoms with Gasteiger partial charge in [0, 0.05) is 22.2 Å². The van der Waals surface area contributed by atoms with Gasteiger partial charge in [-0.2, -0.15) is 0 Å². The molecule has 0 aliphatic carbocycles. The summed E-state index contributed by atoms with van der Waals surface area (Å²) < 4.78 is 10.8. The van der Waals surface area contributed by atoms with E-state index < -0.39 is 29.1 Å². The van der Waals surface area contributed by atoms with Crippen molar-refractivity contribution in [2.45, 2.75) is 26.8 Å². The van der Waals surface area contributed by atoms with Crippen LogP contribution in [0.25, 0.3) is 11.3 Å². The lowest BCUT2D eigenvalue weighted by Gasteiger charge is -2.30. The fourth-order valence-corrected chi connectivity index (χ4v) is 4.05. The zero-order valence-corrected chi connectivity index (χ0v) is 18.4. The summed E-state index contributed by atoms with van der Waals surface area (Å²) in [6.45, 7) is 5.25. The van der Waals surface area contributed by atoms with Crippen molar-refractivity contribution in [3.63, 3.8) is 0 Å². The maximum absolute atomic E-state index is 13.3. The number of aromatic nitrogens is 1. The van der Waals surface area contributed by atoms with Crippen molar-refractivity contribution in [3.05, 3.63) is 66.7 Å². The first-order valence-electron chi connectivity index (χ1n) is 10.3. The fraction of sp³-hybridized carbons (Fsp3) is 0.280. The van der Waals surface area contributed by atoms with Crippen LogP contribution < -0.4 is 9.64 Å². The number of oxazole rings is 1. The maximum Gasteiger partial charge on any atom is 0.295 e. The Morgan fingerprint density at radius 2 is 1.75 bits per heavy atom. The summed E-state index contributed by atoms with van der Waals surface area (Å²) in [7, 11) is 1.52. The predicted molar refractivity (Wildman–Crippen MR) is 118 cm³/mol. The molecule has 2 unspecified atom stereocenters. The molecule has 3 aromatic rings. The number of hydrogen-bond acceptors (Lipinski definition) is 6. The van der Waals surface area contributed by atoms with Gasteiger partial charge in [-0.05, 0) is 30.3 Å². The van der Waals surface area contributed by atoms with Gasteiger partial charge in [-0.3, -0.25) is 19.3 Å². The number of carbonyl (C=O) groups is 3. The third-order valence-electron chi connectivity index (χ3n) is 5.65. The lowest BCUT2D eigenvalue weighted by atomic mass is 9.77. The smallest absolute Gasteiger partial charge is 0.295 e. The number of anilines is 1. The minimum atomic E-state index is -1.13. The fourth-order valence-electron chi connectivity index (χ4n) is 4.05. The van der Waals surface area contributed by atoms with Gasteiger partial charge in [0.1, 0.15) is 11.7 Å². The molecule has 1 saturated heterocycles. The van der Waals surface area contributed by atoms with Gasteiger partial charge in [0.25, 0.3) is 5.91 Å². The molecule has 2 aromatic carbocycles. The number of hydrogen-bond donors (Lipinski definition) is 0. The minimum absolute atomic E-state index is 0.285. The van der Waals surface area contributed by atoms with Gasteiger partial charge in [0.05, 0.1) is 19.3 Å². The van der Waals surface area contributed by atoms with E-state index in [0.29, 0.717) is 22.8 Å². The number of ether oxygens (including phenoxy) is 1. The summed E-state index contributed by atoms with van der Waals surface area (Å²) in [5.74, 6) is -1.74. The first-order chi connectivity index (χ1) is 15.2. The molecule has 0 radical (unpaired) electrons. The average molecular weight is 432 g/mol. The molecule has 1 fully saturated rings. The Morgan fingerprint density at radius 3 is 2.34 bits per heavy atom. The molecular formula is C25H24N2O5. The van der Waals surface area contributed by atoms with E-state index in [0.717, 1.165) is 5.56 Å². The van der Waals surface area contributed by atoms with Crippen LogP contribution >= 0.6 is 0 Å². The van der Waals surface area contributed by atoms with Crippen LogP contribution in [-0.4, -0.2) is 29.6 Å². The molecule has 1 amide bonds. The Bertz CT molecular complexity index is 1160. The Hall–Kier alpha value is -3.74. The lowest BCUT2D eigenvalue weighted by molar-refractivity contribution is -0.141. The highest BCUT2D eigenvalue weighted by molar-refractivity contribution is 6.48. The van der Waals surface area contributed by atoms with E-state index in [9.17, 15) is 14.4 Å². The molecule has 1 aromatic heterocycles. The summed E-state index contributed by atoms with van der Waals surface area (Å²) >= 11 is 0. The second-order valence-corrected chi connectivity index (χ2v) is 8.73. The quantitative estimate of drug-likeness (QED) is 0.443. The zero-order chi connectivity index (χ0) is 23.0.